The van der Waals surface area contributed by atoms with E-state index in [0.29, 0.717) is 31.0 Å². The molecule has 26 heavy (non-hydrogen) atoms. The van der Waals surface area contributed by atoms with Crippen LogP contribution < -0.4 is 4.74 Å². The number of likely N-dealkylation sites (tertiary alicyclic amines) is 1. The van der Waals surface area contributed by atoms with Crippen LogP contribution in [0.2, 0.25) is 0 Å². The molecule has 1 fully saturated rings. The standard InChI is InChI=1S/C20H19N3O3/c1-13-5-4-8-18(22-13)26-14-9-10-23(12-14)20(25)19(24)16-11-21-17-7-3-2-6-15(16)17/h2-8,11,14,21H,9-10,12H2,1H3. The molecule has 2 aromatic heterocycles. The van der Waals surface area contributed by atoms with Crippen molar-refractivity contribution in [2.24, 2.45) is 0 Å². The lowest BCUT2D eigenvalue weighted by Crippen LogP contribution is -2.36. The smallest absolute Gasteiger partial charge is 0.295 e. The fourth-order valence-electron chi connectivity index (χ4n) is 3.28. The predicted octanol–water partition coefficient (Wildman–Crippen LogP) is 2.73. The number of rotatable bonds is 4. The first-order valence-electron chi connectivity index (χ1n) is 8.62. The molecule has 3 heterocycles. The molecule has 1 unspecified atom stereocenters. The maximum absolute atomic E-state index is 12.7. The molecular formula is C20H19N3O3. The van der Waals surface area contributed by atoms with Crippen LogP contribution in [-0.2, 0) is 4.79 Å². The highest BCUT2D eigenvalue weighted by atomic mass is 16.5. The van der Waals surface area contributed by atoms with Gasteiger partial charge in [0, 0.05) is 41.8 Å². The van der Waals surface area contributed by atoms with Crippen molar-refractivity contribution in [3.05, 3.63) is 59.9 Å². The summed E-state index contributed by atoms with van der Waals surface area (Å²) in [5.74, 6) is -0.429. The number of hydrogen-bond donors (Lipinski definition) is 1. The highest BCUT2D eigenvalue weighted by Crippen LogP contribution is 2.21. The third kappa shape index (κ3) is 3.06. The summed E-state index contributed by atoms with van der Waals surface area (Å²) in [6.07, 6.45) is 2.14. The molecule has 6 heteroatoms. The third-order valence-corrected chi connectivity index (χ3v) is 4.61. The average molecular weight is 349 g/mol. The highest BCUT2D eigenvalue weighted by molar-refractivity contribution is 6.44. The van der Waals surface area contributed by atoms with E-state index in [9.17, 15) is 9.59 Å². The minimum atomic E-state index is -0.489. The van der Waals surface area contributed by atoms with Gasteiger partial charge in [-0.25, -0.2) is 4.98 Å². The summed E-state index contributed by atoms with van der Waals surface area (Å²) < 4.78 is 5.85. The van der Waals surface area contributed by atoms with E-state index in [2.05, 4.69) is 9.97 Å². The van der Waals surface area contributed by atoms with Crippen LogP contribution in [0.3, 0.4) is 0 Å². The zero-order valence-electron chi connectivity index (χ0n) is 14.4. The molecule has 1 amide bonds. The number of carbonyl (C=O) groups excluding carboxylic acids is 2. The molecule has 1 atom stereocenters. The van der Waals surface area contributed by atoms with Crippen LogP contribution in [0.25, 0.3) is 10.9 Å². The summed E-state index contributed by atoms with van der Waals surface area (Å²) in [4.78, 5) is 34.2. The second-order valence-corrected chi connectivity index (χ2v) is 6.47. The Labute approximate surface area is 150 Å². The summed E-state index contributed by atoms with van der Waals surface area (Å²) in [6, 6.07) is 13.0. The number of Topliss-reactive ketones (excluding diaryl/α,β-unsaturated/α-hetero) is 1. The lowest BCUT2D eigenvalue weighted by atomic mass is 10.1. The number of pyridine rings is 1. The monoisotopic (exact) mass is 349 g/mol. The Kier molecular flexibility index (Phi) is 4.16. The van der Waals surface area contributed by atoms with Gasteiger partial charge in [0.15, 0.2) is 0 Å². The molecule has 1 aliphatic heterocycles. The quantitative estimate of drug-likeness (QED) is 0.580. The van der Waals surface area contributed by atoms with Crippen molar-refractivity contribution in [2.45, 2.75) is 19.4 Å². The number of H-pyrrole nitrogens is 1. The fourth-order valence-corrected chi connectivity index (χ4v) is 3.28. The molecule has 0 radical (unpaired) electrons. The number of nitrogens with zero attached hydrogens (tertiary/aromatic N) is 2. The van der Waals surface area contributed by atoms with Crippen LogP contribution in [0.1, 0.15) is 22.5 Å². The van der Waals surface area contributed by atoms with Crippen molar-refractivity contribution in [3.8, 4) is 5.88 Å². The number of ketones is 1. The van der Waals surface area contributed by atoms with Gasteiger partial charge in [0.2, 0.25) is 5.88 Å². The lowest BCUT2D eigenvalue weighted by Gasteiger charge is -2.16. The maximum Gasteiger partial charge on any atom is 0.295 e. The predicted molar refractivity (Wildman–Crippen MR) is 97.2 cm³/mol. The molecule has 1 N–H and O–H groups in total. The van der Waals surface area contributed by atoms with E-state index in [4.69, 9.17) is 4.74 Å². The molecule has 3 aromatic rings. The number of ether oxygens (including phenoxy) is 1. The molecule has 1 saturated heterocycles. The van der Waals surface area contributed by atoms with Gasteiger partial charge < -0.3 is 14.6 Å². The molecule has 6 nitrogen and oxygen atoms in total. The Balaban J connectivity index is 1.45. The molecule has 132 valence electrons. The van der Waals surface area contributed by atoms with Crippen molar-refractivity contribution < 1.29 is 14.3 Å². The Bertz CT molecular complexity index is 979. The first-order valence-corrected chi connectivity index (χ1v) is 8.62. The number of nitrogens with one attached hydrogen (secondary N) is 1. The van der Waals surface area contributed by atoms with Crippen LogP contribution in [-0.4, -0.2) is 45.8 Å². The van der Waals surface area contributed by atoms with Gasteiger partial charge in [0.1, 0.15) is 6.10 Å². The van der Waals surface area contributed by atoms with Gasteiger partial charge in [0.05, 0.1) is 12.1 Å². The van der Waals surface area contributed by atoms with E-state index in [1.165, 1.54) is 0 Å². The maximum atomic E-state index is 12.7. The van der Waals surface area contributed by atoms with Crippen LogP contribution in [0, 0.1) is 6.92 Å². The Morgan fingerprint density at radius 1 is 1.19 bits per heavy atom. The van der Waals surface area contributed by atoms with Gasteiger partial charge in [-0.2, -0.15) is 0 Å². The van der Waals surface area contributed by atoms with Crippen LogP contribution in [0.5, 0.6) is 5.88 Å². The number of hydrogen-bond acceptors (Lipinski definition) is 4. The number of fused-ring (bicyclic) bond motifs is 1. The highest BCUT2D eigenvalue weighted by Gasteiger charge is 2.32. The van der Waals surface area contributed by atoms with E-state index in [-0.39, 0.29) is 6.10 Å². The molecule has 1 aromatic carbocycles. The average Bonchev–Trinajstić information content (AvgIpc) is 3.27. The molecular weight excluding hydrogens is 330 g/mol. The number of aromatic nitrogens is 2. The molecule has 4 rings (SSSR count). The van der Waals surface area contributed by atoms with Crippen LogP contribution >= 0.6 is 0 Å². The summed E-state index contributed by atoms with van der Waals surface area (Å²) in [6.45, 7) is 2.79. The van der Waals surface area contributed by atoms with E-state index in [1.807, 2.05) is 43.3 Å². The van der Waals surface area contributed by atoms with Crippen molar-refractivity contribution in [1.29, 1.82) is 0 Å². The van der Waals surface area contributed by atoms with Crippen molar-refractivity contribution in [1.82, 2.24) is 14.9 Å². The first kappa shape index (κ1) is 16.3. The van der Waals surface area contributed by atoms with E-state index in [0.717, 1.165) is 16.6 Å². The molecule has 0 spiro atoms. The van der Waals surface area contributed by atoms with Crippen molar-refractivity contribution in [2.75, 3.05) is 13.1 Å². The zero-order chi connectivity index (χ0) is 18.1. The second kappa shape index (κ2) is 6.63. The summed E-state index contributed by atoms with van der Waals surface area (Å²) in [5, 5.41) is 0.766. The van der Waals surface area contributed by atoms with E-state index < -0.39 is 11.7 Å². The lowest BCUT2D eigenvalue weighted by molar-refractivity contribution is -0.125. The van der Waals surface area contributed by atoms with Gasteiger partial charge in [0.25, 0.3) is 11.7 Å². The normalized spacial score (nSPS) is 16.8. The Morgan fingerprint density at radius 3 is 2.88 bits per heavy atom. The van der Waals surface area contributed by atoms with Crippen LogP contribution in [0.4, 0.5) is 0 Å². The second-order valence-electron chi connectivity index (χ2n) is 6.47. The molecule has 0 aliphatic carbocycles. The van der Waals surface area contributed by atoms with E-state index >= 15 is 0 Å². The van der Waals surface area contributed by atoms with E-state index in [1.54, 1.807) is 17.2 Å². The largest absolute Gasteiger partial charge is 0.472 e. The Hall–Kier alpha value is -3.15. The Morgan fingerprint density at radius 2 is 2.04 bits per heavy atom. The van der Waals surface area contributed by atoms with Gasteiger partial charge >= 0.3 is 0 Å². The minimum Gasteiger partial charge on any atom is -0.472 e. The topological polar surface area (TPSA) is 75.3 Å². The summed E-state index contributed by atoms with van der Waals surface area (Å²) in [5.41, 5.74) is 2.13. The van der Waals surface area contributed by atoms with Gasteiger partial charge in [-0.1, -0.05) is 24.3 Å². The number of aryl methyl sites for hydroxylation is 1. The molecule has 0 saturated carbocycles. The van der Waals surface area contributed by atoms with Gasteiger partial charge in [-0.3, -0.25) is 9.59 Å². The summed E-state index contributed by atoms with van der Waals surface area (Å²) >= 11 is 0. The number of amides is 1. The first-order chi connectivity index (χ1) is 12.6. The van der Waals surface area contributed by atoms with Crippen LogP contribution in [0.15, 0.2) is 48.7 Å². The van der Waals surface area contributed by atoms with Gasteiger partial charge in [-0.15, -0.1) is 0 Å². The third-order valence-electron chi connectivity index (χ3n) is 4.61. The zero-order valence-corrected chi connectivity index (χ0v) is 14.4. The minimum absolute atomic E-state index is 0.149. The number of carbonyl (C=O) groups is 2. The molecule has 1 aliphatic rings. The molecule has 0 bridgehead atoms. The van der Waals surface area contributed by atoms with Crippen molar-refractivity contribution in [3.63, 3.8) is 0 Å². The number of para-hydroxylation sites is 1. The SMILES string of the molecule is Cc1cccc(OC2CCN(C(=O)C(=O)c3c[nH]c4ccccc34)C2)n1. The van der Waals surface area contributed by atoms with Crippen molar-refractivity contribution >= 4 is 22.6 Å². The van der Waals surface area contributed by atoms with Gasteiger partial charge in [-0.05, 0) is 19.1 Å². The number of aromatic amines is 1. The summed E-state index contributed by atoms with van der Waals surface area (Å²) in [7, 11) is 0. The number of benzene rings is 1. The fraction of sp³-hybridized carbons (Fsp3) is 0.250.